The van der Waals surface area contributed by atoms with Gasteiger partial charge in [-0.1, -0.05) is 23.3 Å². The molecule has 2 heterocycles. The molecule has 2 N–H and O–H groups in total. The molecule has 7 heteroatoms. The minimum Gasteiger partial charge on any atom is -0.496 e. The number of hydrogen-bond donors (Lipinski definition) is 2. The number of rotatable bonds is 5. The number of methoxy groups -OCH3 is 1. The van der Waals surface area contributed by atoms with Crippen molar-refractivity contribution in [1.29, 1.82) is 0 Å². The molecule has 6 nitrogen and oxygen atoms in total. The Labute approximate surface area is 158 Å². The second kappa shape index (κ2) is 8.56. The molecule has 1 aromatic rings. The van der Waals surface area contributed by atoms with Crippen molar-refractivity contribution >= 4 is 23.4 Å². The Hall–Kier alpha value is -2.05. The Balaban J connectivity index is 1.69. The number of ether oxygens (including phenoxy) is 1. The summed E-state index contributed by atoms with van der Waals surface area (Å²) in [6, 6.07) is 4.49. The molecule has 0 aliphatic carbocycles. The molecule has 2 amide bonds. The van der Waals surface area contributed by atoms with Crippen molar-refractivity contribution in [2.24, 2.45) is 0 Å². The summed E-state index contributed by atoms with van der Waals surface area (Å²) < 4.78 is 5.28. The van der Waals surface area contributed by atoms with Crippen molar-refractivity contribution in [1.82, 2.24) is 15.5 Å². The number of carbonyl (C=O) groups is 2. The molecular formula is C19H24ClN3O3. The van der Waals surface area contributed by atoms with Crippen LogP contribution in [-0.4, -0.2) is 56.0 Å². The van der Waals surface area contributed by atoms with Gasteiger partial charge in [-0.2, -0.15) is 0 Å². The number of halogens is 1. The Morgan fingerprint density at radius 2 is 2.27 bits per heavy atom. The van der Waals surface area contributed by atoms with Crippen LogP contribution < -0.4 is 15.4 Å². The van der Waals surface area contributed by atoms with Gasteiger partial charge in [0.25, 0.3) is 5.91 Å². The van der Waals surface area contributed by atoms with Crippen LogP contribution in [0.5, 0.6) is 5.75 Å². The number of nitrogens with one attached hydrogen (secondary N) is 2. The van der Waals surface area contributed by atoms with Gasteiger partial charge >= 0.3 is 0 Å². The fraction of sp³-hybridized carbons (Fsp3) is 0.474. The summed E-state index contributed by atoms with van der Waals surface area (Å²) in [7, 11) is 1.51. The minimum absolute atomic E-state index is 0.101. The quantitative estimate of drug-likeness (QED) is 0.770. The minimum atomic E-state index is -0.450. The molecule has 1 fully saturated rings. The summed E-state index contributed by atoms with van der Waals surface area (Å²) >= 11 is 6.04. The third-order valence-corrected chi connectivity index (χ3v) is 5.09. The van der Waals surface area contributed by atoms with Crippen molar-refractivity contribution in [2.45, 2.75) is 25.3 Å². The van der Waals surface area contributed by atoms with Gasteiger partial charge in [0.2, 0.25) is 5.91 Å². The summed E-state index contributed by atoms with van der Waals surface area (Å²) in [5.74, 6) is 0.143. The zero-order valence-electron chi connectivity index (χ0n) is 14.9. The number of carbonyl (C=O) groups excluding carboxylic acids is 2. The van der Waals surface area contributed by atoms with Crippen molar-refractivity contribution in [2.75, 3.05) is 33.3 Å². The predicted octanol–water partition coefficient (Wildman–Crippen LogP) is 1.99. The number of amides is 2. The van der Waals surface area contributed by atoms with Crippen molar-refractivity contribution in [3.05, 3.63) is 40.4 Å². The SMILES string of the molecule is COc1ccc(Cl)cc1C(=O)N1CCCC1C(=O)NCC1=CCNCC1. The van der Waals surface area contributed by atoms with Gasteiger partial charge in [0, 0.05) is 24.7 Å². The highest BCUT2D eigenvalue weighted by Gasteiger charge is 2.35. The average molecular weight is 378 g/mol. The molecule has 26 heavy (non-hydrogen) atoms. The number of hydrogen-bond acceptors (Lipinski definition) is 4. The second-order valence-corrected chi connectivity index (χ2v) is 6.97. The lowest BCUT2D eigenvalue weighted by molar-refractivity contribution is -0.124. The van der Waals surface area contributed by atoms with Gasteiger partial charge in [-0.05, 0) is 44.0 Å². The van der Waals surface area contributed by atoms with Gasteiger partial charge in [-0.25, -0.2) is 0 Å². The first-order valence-corrected chi connectivity index (χ1v) is 9.29. The number of nitrogens with zero attached hydrogens (tertiary/aromatic N) is 1. The average Bonchev–Trinajstić information content (AvgIpc) is 3.16. The van der Waals surface area contributed by atoms with Crippen LogP contribution in [-0.2, 0) is 4.79 Å². The standard InChI is InChI=1S/C19H24ClN3O3/c1-26-17-5-4-14(20)11-15(17)19(25)23-10-2-3-16(23)18(24)22-12-13-6-8-21-9-7-13/h4-6,11,16,21H,2-3,7-10,12H2,1H3,(H,22,24). The van der Waals surface area contributed by atoms with Crippen molar-refractivity contribution in [3.8, 4) is 5.75 Å². The van der Waals surface area contributed by atoms with E-state index >= 15 is 0 Å². The van der Waals surface area contributed by atoms with E-state index in [2.05, 4.69) is 16.7 Å². The molecule has 3 rings (SSSR count). The molecular weight excluding hydrogens is 354 g/mol. The highest BCUT2D eigenvalue weighted by Crippen LogP contribution is 2.27. The van der Waals surface area contributed by atoms with Gasteiger partial charge in [0.1, 0.15) is 11.8 Å². The van der Waals surface area contributed by atoms with Crippen LogP contribution in [0.15, 0.2) is 29.8 Å². The first-order valence-electron chi connectivity index (χ1n) is 8.91. The van der Waals surface area contributed by atoms with E-state index in [1.54, 1.807) is 23.1 Å². The summed E-state index contributed by atoms with van der Waals surface area (Å²) in [4.78, 5) is 27.3. The maximum Gasteiger partial charge on any atom is 0.258 e. The Bertz CT molecular complexity index is 720. The molecule has 1 unspecified atom stereocenters. The molecule has 2 aliphatic rings. The molecule has 0 saturated carbocycles. The molecule has 0 spiro atoms. The monoisotopic (exact) mass is 377 g/mol. The Morgan fingerprint density at radius 1 is 1.42 bits per heavy atom. The van der Waals surface area contributed by atoms with Gasteiger partial charge in [0.05, 0.1) is 12.7 Å². The van der Waals surface area contributed by atoms with Crippen molar-refractivity contribution in [3.63, 3.8) is 0 Å². The third-order valence-electron chi connectivity index (χ3n) is 4.86. The van der Waals surface area contributed by atoms with Crippen LogP contribution >= 0.6 is 11.6 Å². The number of benzene rings is 1. The summed E-state index contributed by atoms with van der Waals surface area (Å²) in [6.07, 6.45) is 4.52. The van der Waals surface area contributed by atoms with E-state index in [-0.39, 0.29) is 11.8 Å². The lowest BCUT2D eigenvalue weighted by Gasteiger charge is -2.25. The van der Waals surface area contributed by atoms with E-state index in [1.165, 1.54) is 12.7 Å². The van der Waals surface area contributed by atoms with Crippen LogP contribution in [0.1, 0.15) is 29.6 Å². The van der Waals surface area contributed by atoms with Crippen LogP contribution in [0.4, 0.5) is 0 Å². The van der Waals surface area contributed by atoms with Crippen LogP contribution in [0.25, 0.3) is 0 Å². The topological polar surface area (TPSA) is 70.7 Å². The maximum absolute atomic E-state index is 13.0. The largest absolute Gasteiger partial charge is 0.496 e. The Morgan fingerprint density at radius 3 is 3.00 bits per heavy atom. The van der Waals surface area contributed by atoms with E-state index < -0.39 is 6.04 Å². The second-order valence-electron chi connectivity index (χ2n) is 6.54. The molecule has 0 aromatic heterocycles. The summed E-state index contributed by atoms with van der Waals surface area (Å²) in [5.41, 5.74) is 1.62. The molecule has 0 bridgehead atoms. The zero-order valence-corrected chi connectivity index (χ0v) is 15.6. The lowest BCUT2D eigenvalue weighted by atomic mass is 10.1. The van der Waals surface area contributed by atoms with E-state index in [0.717, 1.165) is 25.9 Å². The molecule has 1 atom stereocenters. The van der Waals surface area contributed by atoms with E-state index in [9.17, 15) is 9.59 Å². The number of likely N-dealkylation sites (tertiary alicyclic amines) is 1. The fourth-order valence-electron chi connectivity index (χ4n) is 3.43. The zero-order chi connectivity index (χ0) is 18.5. The van der Waals surface area contributed by atoms with Crippen molar-refractivity contribution < 1.29 is 14.3 Å². The van der Waals surface area contributed by atoms with Crippen LogP contribution in [0, 0.1) is 0 Å². The van der Waals surface area contributed by atoms with E-state index in [1.807, 2.05) is 0 Å². The molecule has 1 saturated heterocycles. The predicted molar refractivity (Wildman–Crippen MR) is 101 cm³/mol. The first-order chi connectivity index (χ1) is 12.6. The molecule has 140 valence electrons. The van der Waals surface area contributed by atoms with E-state index in [4.69, 9.17) is 16.3 Å². The van der Waals surface area contributed by atoms with Gasteiger partial charge in [0.15, 0.2) is 0 Å². The van der Waals surface area contributed by atoms with Crippen LogP contribution in [0.3, 0.4) is 0 Å². The highest BCUT2D eigenvalue weighted by molar-refractivity contribution is 6.31. The van der Waals surface area contributed by atoms with Gasteiger partial charge < -0.3 is 20.3 Å². The highest BCUT2D eigenvalue weighted by atomic mass is 35.5. The van der Waals surface area contributed by atoms with Crippen LogP contribution in [0.2, 0.25) is 5.02 Å². The molecule has 0 radical (unpaired) electrons. The Kier molecular flexibility index (Phi) is 6.16. The fourth-order valence-corrected chi connectivity index (χ4v) is 3.61. The normalized spacial score (nSPS) is 19.8. The summed E-state index contributed by atoms with van der Waals surface area (Å²) in [6.45, 7) is 2.87. The lowest BCUT2D eigenvalue weighted by Crippen LogP contribution is -2.46. The maximum atomic E-state index is 13.0. The summed E-state index contributed by atoms with van der Waals surface area (Å²) in [5, 5.41) is 6.70. The van der Waals surface area contributed by atoms with Gasteiger partial charge in [-0.3, -0.25) is 9.59 Å². The first kappa shape index (κ1) is 18.7. The molecule has 1 aromatic carbocycles. The third kappa shape index (κ3) is 4.19. The van der Waals surface area contributed by atoms with E-state index in [0.29, 0.717) is 35.8 Å². The smallest absolute Gasteiger partial charge is 0.258 e. The molecule has 2 aliphatic heterocycles. The van der Waals surface area contributed by atoms with Gasteiger partial charge in [-0.15, -0.1) is 0 Å².